The summed E-state index contributed by atoms with van der Waals surface area (Å²) in [5, 5.41) is 3.51. The van der Waals surface area contributed by atoms with Gasteiger partial charge in [-0.2, -0.15) is 0 Å². The molecule has 24 heavy (non-hydrogen) atoms. The Morgan fingerprint density at radius 1 is 1.33 bits per heavy atom. The van der Waals surface area contributed by atoms with Gasteiger partial charge in [0.2, 0.25) is 5.91 Å². The minimum absolute atomic E-state index is 0.000244. The number of nitrogens with one attached hydrogen (secondary N) is 1. The van der Waals surface area contributed by atoms with E-state index in [0.29, 0.717) is 34.9 Å². The van der Waals surface area contributed by atoms with E-state index in [2.05, 4.69) is 10.3 Å². The van der Waals surface area contributed by atoms with Gasteiger partial charge in [-0.1, -0.05) is 11.6 Å². The fourth-order valence-corrected chi connectivity index (χ4v) is 3.16. The van der Waals surface area contributed by atoms with Crippen LogP contribution >= 0.6 is 11.6 Å². The summed E-state index contributed by atoms with van der Waals surface area (Å²) in [5.74, 6) is -0.333. The van der Waals surface area contributed by atoms with E-state index >= 15 is 0 Å². The molecule has 0 saturated carbocycles. The van der Waals surface area contributed by atoms with Gasteiger partial charge in [0.15, 0.2) is 0 Å². The summed E-state index contributed by atoms with van der Waals surface area (Å²) in [5.41, 5.74) is 2.62. The van der Waals surface area contributed by atoms with E-state index in [1.165, 1.54) is 6.07 Å². The van der Waals surface area contributed by atoms with E-state index < -0.39 is 0 Å². The summed E-state index contributed by atoms with van der Waals surface area (Å²) in [4.78, 5) is 17.6. The van der Waals surface area contributed by atoms with Crippen LogP contribution in [0.15, 0.2) is 30.5 Å². The van der Waals surface area contributed by atoms with Crippen LogP contribution in [0.5, 0.6) is 0 Å². The number of halogens is 2. The summed E-state index contributed by atoms with van der Waals surface area (Å²) < 4.78 is 14.7. The largest absolute Gasteiger partial charge is 0.313 e. The van der Waals surface area contributed by atoms with Crippen LogP contribution in [0.25, 0.3) is 11.1 Å². The van der Waals surface area contributed by atoms with E-state index in [-0.39, 0.29) is 17.8 Å². The minimum atomic E-state index is -0.374. The van der Waals surface area contributed by atoms with Crippen molar-refractivity contribution in [3.63, 3.8) is 0 Å². The summed E-state index contributed by atoms with van der Waals surface area (Å²) in [6.45, 7) is 2.62. The number of nitrogens with zero attached hydrogens (tertiary/aromatic N) is 2. The Hall–Kier alpha value is -1.98. The van der Waals surface area contributed by atoms with E-state index in [0.717, 1.165) is 12.0 Å². The zero-order valence-electron chi connectivity index (χ0n) is 13.6. The van der Waals surface area contributed by atoms with Crippen LogP contribution in [0.1, 0.15) is 31.4 Å². The molecule has 2 aromatic rings. The van der Waals surface area contributed by atoms with E-state index in [9.17, 15) is 9.18 Å². The number of hydrogen-bond acceptors (Lipinski definition) is 3. The van der Waals surface area contributed by atoms with Crippen molar-refractivity contribution >= 4 is 23.2 Å². The zero-order chi connectivity index (χ0) is 17.3. The van der Waals surface area contributed by atoms with Crippen molar-refractivity contribution in [1.29, 1.82) is 0 Å². The maximum atomic E-state index is 14.7. The van der Waals surface area contributed by atoms with Gasteiger partial charge >= 0.3 is 0 Å². The van der Waals surface area contributed by atoms with Crippen LogP contribution in [0, 0.1) is 5.82 Å². The molecule has 0 spiro atoms. The number of carbonyl (C=O) groups is 1. The van der Waals surface area contributed by atoms with Crippen LogP contribution in [0.2, 0.25) is 5.15 Å². The Morgan fingerprint density at radius 3 is 2.75 bits per heavy atom. The lowest BCUT2D eigenvalue weighted by atomic mass is 9.97. The summed E-state index contributed by atoms with van der Waals surface area (Å²) >= 11 is 6.00. The highest BCUT2D eigenvalue weighted by Crippen LogP contribution is 2.33. The first-order valence-corrected chi connectivity index (χ1v) is 8.32. The predicted octanol–water partition coefficient (Wildman–Crippen LogP) is 3.95. The maximum absolute atomic E-state index is 14.7. The number of carbonyl (C=O) groups excluding carboxylic acids is 1. The smallest absolute Gasteiger partial charge is 0.227 e. The molecular weight excluding hydrogens is 329 g/mol. The van der Waals surface area contributed by atoms with Crippen molar-refractivity contribution in [2.45, 2.75) is 25.8 Å². The van der Waals surface area contributed by atoms with Crippen molar-refractivity contribution in [2.75, 3.05) is 18.5 Å². The van der Waals surface area contributed by atoms with E-state index in [1.807, 2.05) is 14.0 Å². The van der Waals surface area contributed by atoms with Crippen molar-refractivity contribution < 1.29 is 9.18 Å². The minimum Gasteiger partial charge on any atom is -0.313 e. The molecular formula is C18H19ClFN3O. The molecule has 6 heteroatoms. The Balaban J connectivity index is 2.03. The number of benzene rings is 1. The molecule has 1 amide bonds. The highest BCUT2D eigenvalue weighted by molar-refractivity contribution is 6.29. The van der Waals surface area contributed by atoms with Crippen molar-refractivity contribution in [1.82, 2.24) is 10.3 Å². The third-order valence-electron chi connectivity index (χ3n) is 4.43. The molecule has 2 heterocycles. The molecule has 0 radical (unpaired) electrons. The lowest BCUT2D eigenvalue weighted by Gasteiger charge is -2.19. The van der Waals surface area contributed by atoms with Crippen LogP contribution < -0.4 is 10.2 Å². The SMILES string of the molecule is CNC(C)c1cc(Cl)ncc1-c1ccc(N2CCCC2=O)cc1F. The van der Waals surface area contributed by atoms with Gasteiger partial charge in [-0.05, 0) is 50.2 Å². The molecule has 1 unspecified atom stereocenters. The Bertz CT molecular complexity index is 781. The summed E-state index contributed by atoms with van der Waals surface area (Å²) in [6, 6.07) is 6.65. The average Bonchev–Trinajstić information content (AvgIpc) is 3.00. The van der Waals surface area contributed by atoms with Gasteiger partial charge in [-0.3, -0.25) is 4.79 Å². The molecule has 1 atom stereocenters. The molecule has 126 valence electrons. The second-order valence-electron chi connectivity index (χ2n) is 5.92. The fourth-order valence-electron chi connectivity index (χ4n) is 2.99. The monoisotopic (exact) mass is 347 g/mol. The normalized spacial score (nSPS) is 15.8. The Kier molecular flexibility index (Phi) is 4.83. The first-order valence-electron chi connectivity index (χ1n) is 7.94. The second kappa shape index (κ2) is 6.87. The van der Waals surface area contributed by atoms with Crippen LogP contribution in [0.3, 0.4) is 0 Å². The molecule has 1 aromatic carbocycles. The molecule has 0 bridgehead atoms. The van der Waals surface area contributed by atoms with E-state index in [4.69, 9.17) is 11.6 Å². The third kappa shape index (κ3) is 3.14. The second-order valence-corrected chi connectivity index (χ2v) is 6.30. The highest BCUT2D eigenvalue weighted by Gasteiger charge is 2.23. The van der Waals surface area contributed by atoms with Gasteiger partial charge in [0, 0.05) is 42.0 Å². The van der Waals surface area contributed by atoms with Gasteiger partial charge < -0.3 is 10.2 Å². The topological polar surface area (TPSA) is 45.2 Å². The van der Waals surface area contributed by atoms with Crippen LogP contribution in [-0.4, -0.2) is 24.5 Å². The predicted molar refractivity (Wildman–Crippen MR) is 93.7 cm³/mol. The quantitative estimate of drug-likeness (QED) is 0.852. The number of rotatable bonds is 4. The molecule has 1 aromatic heterocycles. The maximum Gasteiger partial charge on any atom is 0.227 e. The lowest BCUT2D eigenvalue weighted by Crippen LogP contribution is -2.23. The van der Waals surface area contributed by atoms with Crippen molar-refractivity contribution in [3.8, 4) is 11.1 Å². The molecule has 3 rings (SSSR count). The van der Waals surface area contributed by atoms with Gasteiger partial charge in [0.25, 0.3) is 0 Å². The Morgan fingerprint density at radius 2 is 2.12 bits per heavy atom. The van der Waals surface area contributed by atoms with E-state index in [1.54, 1.807) is 29.3 Å². The first-order chi connectivity index (χ1) is 11.5. The van der Waals surface area contributed by atoms with Gasteiger partial charge in [0.1, 0.15) is 11.0 Å². The molecule has 0 aliphatic carbocycles. The molecule has 1 aliphatic heterocycles. The molecule has 1 fully saturated rings. The number of hydrogen-bond donors (Lipinski definition) is 1. The molecule has 4 nitrogen and oxygen atoms in total. The number of amides is 1. The summed E-state index contributed by atoms with van der Waals surface area (Å²) in [6.07, 6.45) is 2.92. The van der Waals surface area contributed by atoms with Crippen molar-refractivity contribution in [3.05, 3.63) is 47.0 Å². The van der Waals surface area contributed by atoms with Crippen molar-refractivity contribution in [2.24, 2.45) is 0 Å². The summed E-state index contributed by atoms with van der Waals surface area (Å²) in [7, 11) is 1.83. The molecule has 1 saturated heterocycles. The third-order valence-corrected chi connectivity index (χ3v) is 4.64. The zero-order valence-corrected chi connectivity index (χ0v) is 14.4. The number of anilines is 1. The lowest BCUT2D eigenvalue weighted by molar-refractivity contribution is -0.117. The van der Waals surface area contributed by atoms with Gasteiger partial charge in [0.05, 0.1) is 0 Å². The average molecular weight is 348 g/mol. The highest BCUT2D eigenvalue weighted by atomic mass is 35.5. The standard InChI is InChI=1S/C18H19ClFN3O/c1-11(21-2)14-9-17(19)22-10-15(14)13-6-5-12(8-16(13)20)23-7-3-4-18(23)24/h5-6,8-11,21H,3-4,7H2,1-2H3. The number of pyridine rings is 1. The molecule has 1 aliphatic rings. The Labute approximate surface area is 145 Å². The number of aromatic nitrogens is 1. The van der Waals surface area contributed by atoms with Crippen LogP contribution in [0.4, 0.5) is 10.1 Å². The van der Waals surface area contributed by atoms with Crippen LogP contribution in [-0.2, 0) is 4.79 Å². The van der Waals surface area contributed by atoms with Gasteiger partial charge in [-0.25, -0.2) is 9.37 Å². The molecule has 1 N–H and O–H groups in total. The fraction of sp³-hybridized carbons (Fsp3) is 0.333. The first kappa shape index (κ1) is 16.9. The van der Waals surface area contributed by atoms with Gasteiger partial charge in [-0.15, -0.1) is 0 Å².